The average molecular weight is 286 g/mol. The highest BCUT2D eigenvalue weighted by Gasteiger charge is 2.06. The summed E-state index contributed by atoms with van der Waals surface area (Å²) >= 11 is 0. The molecule has 1 heterocycles. The first kappa shape index (κ1) is 15.3. The molecule has 4 heteroatoms. The number of methoxy groups -OCH3 is 1. The number of ether oxygens (including phenoxy) is 2. The van der Waals surface area contributed by atoms with Crippen LogP contribution in [0.4, 0.5) is 0 Å². The molecule has 2 rings (SSSR count). The second-order valence-electron chi connectivity index (χ2n) is 4.79. The first-order valence-corrected chi connectivity index (χ1v) is 7.22. The third-order valence-electron chi connectivity index (χ3n) is 3.16. The molecule has 0 fully saturated rings. The predicted molar refractivity (Wildman–Crippen MR) is 83.6 cm³/mol. The lowest BCUT2D eigenvalue weighted by molar-refractivity contribution is 0.299. The van der Waals surface area contributed by atoms with Crippen LogP contribution in [0.1, 0.15) is 24.5 Å². The molecule has 0 spiro atoms. The van der Waals surface area contributed by atoms with Gasteiger partial charge in [-0.05, 0) is 36.7 Å². The zero-order chi connectivity index (χ0) is 14.9. The van der Waals surface area contributed by atoms with E-state index in [1.807, 2.05) is 30.3 Å². The summed E-state index contributed by atoms with van der Waals surface area (Å²) in [7, 11) is 1.66. The van der Waals surface area contributed by atoms with Crippen LogP contribution in [-0.4, -0.2) is 18.6 Å². The first-order chi connectivity index (χ1) is 10.3. The van der Waals surface area contributed by atoms with Gasteiger partial charge in [-0.3, -0.25) is 4.98 Å². The summed E-state index contributed by atoms with van der Waals surface area (Å²) in [6, 6.07) is 9.85. The Morgan fingerprint density at radius 3 is 2.67 bits per heavy atom. The summed E-state index contributed by atoms with van der Waals surface area (Å²) < 4.78 is 11.2. The van der Waals surface area contributed by atoms with E-state index >= 15 is 0 Å². The molecule has 0 radical (unpaired) electrons. The lowest BCUT2D eigenvalue weighted by Crippen LogP contribution is -2.14. The molecule has 112 valence electrons. The summed E-state index contributed by atoms with van der Waals surface area (Å²) in [4.78, 5) is 4.01. The Morgan fingerprint density at radius 1 is 1.14 bits per heavy atom. The summed E-state index contributed by atoms with van der Waals surface area (Å²) in [6.07, 6.45) is 4.66. The van der Waals surface area contributed by atoms with Gasteiger partial charge >= 0.3 is 0 Å². The molecule has 0 saturated carbocycles. The lowest BCUT2D eigenvalue weighted by atomic mass is 10.2. The minimum absolute atomic E-state index is 0.524. The molecule has 1 aromatic carbocycles. The predicted octanol–water partition coefficient (Wildman–Crippen LogP) is 3.17. The Kier molecular flexibility index (Phi) is 6.03. The summed E-state index contributed by atoms with van der Waals surface area (Å²) in [6.45, 7) is 4.47. The smallest absolute Gasteiger partial charge is 0.127 e. The van der Waals surface area contributed by atoms with Gasteiger partial charge < -0.3 is 14.8 Å². The van der Waals surface area contributed by atoms with Crippen molar-refractivity contribution >= 4 is 0 Å². The molecule has 4 nitrogen and oxygen atoms in total. The number of hydrogen-bond acceptors (Lipinski definition) is 4. The van der Waals surface area contributed by atoms with Crippen molar-refractivity contribution in [1.29, 1.82) is 0 Å². The number of nitrogens with zero attached hydrogens (tertiary/aromatic N) is 1. The van der Waals surface area contributed by atoms with Crippen LogP contribution in [0.25, 0.3) is 0 Å². The van der Waals surface area contributed by atoms with E-state index in [4.69, 9.17) is 9.47 Å². The topological polar surface area (TPSA) is 43.4 Å². The fourth-order valence-corrected chi connectivity index (χ4v) is 1.98. The average Bonchev–Trinajstić information content (AvgIpc) is 2.55. The number of hydrogen-bond donors (Lipinski definition) is 1. The molecule has 1 aromatic heterocycles. The fraction of sp³-hybridized carbons (Fsp3) is 0.353. The Morgan fingerprint density at radius 2 is 1.95 bits per heavy atom. The Labute approximate surface area is 126 Å². The molecule has 0 saturated heterocycles. The quantitative estimate of drug-likeness (QED) is 0.757. The van der Waals surface area contributed by atoms with Crippen LogP contribution in [-0.2, 0) is 13.2 Å². The Balaban J connectivity index is 2.07. The maximum atomic E-state index is 5.95. The molecule has 0 atom stereocenters. The van der Waals surface area contributed by atoms with Gasteiger partial charge in [-0.2, -0.15) is 0 Å². The molecule has 0 aliphatic heterocycles. The van der Waals surface area contributed by atoms with Crippen molar-refractivity contribution in [3.8, 4) is 11.5 Å². The molecule has 0 aliphatic rings. The van der Waals surface area contributed by atoms with E-state index in [0.717, 1.165) is 42.1 Å². The second-order valence-corrected chi connectivity index (χ2v) is 4.79. The summed E-state index contributed by atoms with van der Waals surface area (Å²) in [5.41, 5.74) is 2.23. The maximum Gasteiger partial charge on any atom is 0.127 e. The molecule has 0 unspecified atom stereocenters. The van der Waals surface area contributed by atoms with Crippen molar-refractivity contribution in [3.05, 3.63) is 53.9 Å². The monoisotopic (exact) mass is 286 g/mol. The fourth-order valence-electron chi connectivity index (χ4n) is 1.98. The van der Waals surface area contributed by atoms with Gasteiger partial charge in [0.25, 0.3) is 0 Å². The van der Waals surface area contributed by atoms with E-state index in [1.54, 1.807) is 19.5 Å². The number of benzene rings is 1. The van der Waals surface area contributed by atoms with Crippen LogP contribution in [0.5, 0.6) is 11.5 Å². The van der Waals surface area contributed by atoms with E-state index < -0.39 is 0 Å². The Hall–Kier alpha value is -2.07. The van der Waals surface area contributed by atoms with Crippen molar-refractivity contribution in [2.75, 3.05) is 13.7 Å². The van der Waals surface area contributed by atoms with E-state index in [0.29, 0.717) is 6.61 Å². The van der Waals surface area contributed by atoms with Gasteiger partial charge in [0.1, 0.15) is 18.1 Å². The van der Waals surface area contributed by atoms with E-state index in [2.05, 4.69) is 17.2 Å². The van der Waals surface area contributed by atoms with Crippen LogP contribution in [0.3, 0.4) is 0 Å². The normalized spacial score (nSPS) is 10.4. The SMILES string of the molecule is CCCNCc1ccc(OC)cc1OCc1ccncc1. The van der Waals surface area contributed by atoms with Crippen LogP contribution >= 0.6 is 0 Å². The number of pyridine rings is 1. The zero-order valence-electron chi connectivity index (χ0n) is 12.6. The third kappa shape index (κ3) is 4.76. The van der Waals surface area contributed by atoms with Crippen molar-refractivity contribution in [1.82, 2.24) is 10.3 Å². The van der Waals surface area contributed by atoms with Crippen LogP contribution in [0, 0.1) is 0 Å². The van der Waals surface area contributed by atoms with E-state index in [9.17, 15) is 0 Å². The van der Waals surface area contributed by atoms with Crippen molar-refractivity contribution in [2.45, 2.75) is 26.5 Å². The molecule has 0 aliphatic carbocycles. The standard InChI is InChI=1S/C17H22N2O2/c1-3-8-19-12-15-4-5-16(20-2)11-17(15)21-13-14-6-9-18-10-7-14/h4-7,9-11,19H,3,8,12-13H2,1-2H3. The second kappa shape index (κ2) is 8.27. The molecule has 0 bridgehead atoms. The Bertz CT molecular complexity index is 544. The van der Waals surface area contributed by atoms with Gasteiger partial charge in [-0.15, -0.1) is 0 Å². The maximum absolute atomic E-state index is 5.95. The minimum atomic E-state index is 0.524. The van der Waals surface area contributed by atoms with E-state index in [1.165, 1.54) is 0 Å². The van der Waals surface area contributed by atoms with Gasteiger partial charge in [-0.25, -0.2) is 0 Å². The van der Waals surface area contributed by atoms with Gasteiger partial charge in [-0.1, -0.05) is 13.0 Å². The van der Waals surface area contributed by atoms with Gasteiger partial charge in [0, 0.05) is 30.6 Å². The van der Waals surface area contributed by atoms with Crippen LogP contribution in [0.2, 0.25) is 0 Å². The van der Waals surface area contributed by atoms with E-state index in [-0.39, 0.29) is 0 Å². The summed E-state index contributed by atoms with van der Waals surface area (Å²) in [5, 5.41) is 3.40. The number of aromatic nitrogens is 1. The highest BCUT2D eigenvalue weighted by Crippen LogP contribution is 2.25. The van der Waals surface area contributed by atoms with Gasteiger partial charge in [0.2, 0.25) is 0 Å². The number of nitrogens with one attached hydrogen (secondary N) is 1. The number of rotatable bonds is 8. The summed E-state index contributed by atoms with van der Waals surface area (Å²) in [5.74, 6) is 1.66. The third-order valence-corrected chi connectivity index (χ3v) is 3.16. The van der Waals surface area contributed by atoms with Gasteiger partial charge in [0.05, 0.1) is 7.11 Å². The van der Waals surface area contributed by atoms with Crippen molar-refractivity contribution < 1.29 is 9.47 Å². The zero-order valence-corrected chi connectivity index (χ0v) is 12.6. The van der Waals surface area contributed by atoms with Crippen molar-refractivity contribution in [3.63, 3.8) is 0 Å². The highest BCUT2D eigenvalue weighted by molar-refractivity contribution is 5.40. The first-order valence-electron chi connectivity index (χ1n) is 7.22. The molecule has 0 amide bonds. The van der Waals surface area contributed by atoms with Crippen LogP contribution in [0.15, 0.2) is 42.7 Å². The van der Waals surface area contributed by atoms with Crippen LogP contribution < -0.4 is 14.8 Å². The highest BCUT2D eigenvalue weighted by atomic mass is 16.5. The molecule has 1 N–H and O–H groups in total. The molecule has 21 heavy (non-hydrogen) atoms. The molecule has 2 aromatic rings. The largest absolute Gasteiger partial charge is 0.497 e. The lowest BCUT2D eigenvalue weighted by Gasteiger charge is -2.13. The minimum Gasteiger partial charge on any atom is -0.497 e. The van der Waals surface area contributed by atoms with Crippen molar-refractivity contribution in [2.24, 2.45) is 0 Å². The molecular formula is C17H22N2O2. The van der Waals surface area contributed by atoms with Gasteiger partial charge in [0.15, 0.2) is 0 Å². The molecular weight excluding hydrogens is 264 g/mol.